The highest BCUT2D eigenvalue weighted by Crippen LogP contribution is 2.10. The summed E-state index contributed by atoms with van der Waals surface area (Å²) < 4.78 is 0. The molecule has 17 heavy (non-hydrogen) atoms. The molecule has 1 aromatic carbocycles. The van der Waals surface area contributed by atoms with Crippen LogP contribution >= 0.6 is 0 Å². The van der Waals surface area contributed by atoms with E-state index >= 15 is 0 Å². The second kappa shape index (κ2) is 5.82. The average Bonchev–Trinajstić information content (AvgIpc) is 2.28. The zero-order valence-electron chi connectivity index (χ0n) is 11.1. The highest BCUT2D eigenvalue weighted by Gasteiger charge is 2.15. The molecule has 0 aliphatic rings. The minimum Gasteiger partial charge on any atom is -0.348 e. The average molecular weight is 234 g/mol. The quantitative estimate of drug-likeness (QED) is 0.837. The Bertz CT molecular complexity index is 399. The highest BCUT2D eigenvalue weighted by molar-refractivity contribution is 5.94. The molecule has 0 aliphatic heterocycles. The number of carbonyl (C=O) groups excluding carboxylic acids is 1. The Morgan fingerprint density at radius 1 is 1.29 bits per heavy atom. The van der Waals surface area contributed by atoms with Crippen molar-refractivity contribution in [1.29, 1.82) is 0 Å². The lowest BCUT2D eigenvalue weighted by atomic mass is 10.0. The summed E-state index contributed by atoms with van der Waals surface area (Å²) in [5, 5.41) is 2.97. The van der Waals surface area contributed by atoms with Gasteiger partial charge in [-0.1, -0.05) is 19.9 Å². The van der Waals surface area contributed by atoms with Crippen LogP contribution in [-0.2, 0) is 0 Å². The zero-order chi connectivity index (χ0) is 13.0. The third-order valence-electron chi connectivity index (χ3n) is 3.14. The molecule has 3 nitrogen and oxygen atoms in total. The molecule has 0 spiro atoms. The maximum Gasteiger partial charge on any atom is 0.251 e. The molecule has 1 atom stereocenters. The number of benzene rings is 1. The summed E-state index contributed by atoms with van der Waals surface area (Å²) in [6.07, 6.45) is 0. The molecule has 3 N–H and O–H groups in total. The van der Waals surface area contributed by atoms with Gasteiger partial charge in [-0.15, -0.1) is 0 Å². The number of carbonyl (C=O) groups is 1. The molecule has 1 rings (SSSR count). The van der Waals surface area contributed by atoms with E-state index in [0.29, 0.717) is 18.0 Å². The van der Waals surface area contributed by atoms with Gasteiger partial charge in [0.05, 0.1) is 0 Å². The number of nitrogens with two attached hydrogens (primary N) is 1. The van der Waals surface area contributed by atoms with E-state index in [1.165, 1.54) is 5.56 Å². The fraction of sp³-hybridized carbons (Fsp3) is 0.500. The Kier molecular flexibility index (Phi) is 4.70. The van der Waals surface area contributed by atoms with E-state index in [4.69, 9.17) is 5.73 Å². The first-order chi connectivity index (χ1) is 7.95. The molecule has 0 saturated carbocycles. The van der Waals surface area contributed by atoms with Crippen LogP contribution in [0.3, 0.4) is 0 Å². The predicted octanol–water partition coefficient (Wildman–Crippen LogP) is 2.02. The van der Waals surface area contributed by atoms with Crippen molar-refractivity contribution in [3.8, 4) is 0 Å². The number of hydrogen-bond donors (Lipinski definition) is 2. The number of nitrogens with one attached hydrogen (secondary N) is 1. The molecular weight excluding hydrogens is 212 g/mol. The third-order valence-corrected chi connectivity index (χ3v) is 3.14. The summed E-state index contributed by atoms with van der Waals surface area (Å²) >= 11 is 0. The van der Waals surface area contributed by atoms with E-state index in [1.54, 1.807) is 0 Å². The molecule has 0 fully saturated rings. The lowest BCUT2D eigenvalue weighted by Crippen LogP contribution is -2.43. The van der Waals surface area contributed by atoms with Gasteiger partial charge in [-0.2, -0.15) is 0 Å². The number of rotatable bonds is 4. The summed E-state index contributed by atoms with van der Waals surface area (Å²) in [6, 6.07) is 5.77. The van der Waals surface area contributed by atoms with Crippen LogP contribution < -0.4 is 11.1 Å². The monoisotopic (exact) mass is 234 g/mol. The summed E-state index contributed by atoms with van der Waals surface area (Å²) in [4.78, 5) is 12.0. The van der Waals surface area contributed by atoms with Gasteiger partial charge in [0.25, 0.3) is 5.91 Å². The molecule has 0 aliphatic carbocycles. The highest BCUT2D eigenvalue weighted by atomic mass is 16.1. The largest absolute Gasteiger partial charge is 0.348 e. The van der Waals surface area contributed by atoms with E-state index in [9.17, 15) is 4.79 Å². The first-order valence-electron chi connectivity index (χ1n) is 6.04. The Labute approximate surface area is 103 Å². The van der Waals surface area contributed by atoms with Gasteiger partial charge in [-0.3, -0.25) is 4.79 Å². The molecule has 1 unspecified atom stereocenters. The number of hydrogen-bond acceptors (Lipinski definition) is 2. The first-order valence-corrected chi connectivity index (χ1v) is 6.04. The van der Waals surface area contributed by atoms with Crippen LogP contribution in [0.1, 0.15) is 35.3 Å². The van der Waals surface area contributed by atoms with Crippen LogP contribution in [-0.4, -0.2) is 18.5 Å². The van der Waals surface area contributed by atoms with Crippen molar-refractivity contribution < 1.29 is 4.79 Å². The molecular formula is C14H22N2O. The Balaban J connectivity index is 2.79. The Hall–Kier alpha value is -1.35. The van der Waals surface area contributed by atoms with Crippen molar-refractivity contribution in [3.63, 3.8) is 0 Å². The summed E-state index contributed by atoms with van der Waals surface area (Å²) in [7, 11) is 0. The second-order valence-electron chi connectivity index (χ2n) is 4.86. The Morgan fingerprint density at radius 2 is 1.94 bits per heavy atom. The van der Waals surface area contributed by atoms with Gasteiger partial charge in [-0.25, -0.2) is 0 Å². The van der Waals surface area contributed by atoms with Crippen molar-refractivity contribution in [2.45, 2.75) is 33.7 Å². The Morgan fingerprint density at radius 3 is 2.41 bits per heavy atom. The van der Waals surface area contributed by atoms with Gasteiger partial charge in [-0.05, 0) is 43.0 Å². The molecule has 0 bridgehead atoms. The zero-order valence-corrected chi connectivity index (χ0v) is 11.1. The van der Waals surface area contributed by atoms with E-state index in [-0.39, 0.29) is 11.9 Å². The summed E-state index contributed by atoms with van der Waals surface area (Å²) in [5.41, 5.74) is 8.67. The van der Waals surface area contributed by atoms with Crippen LogP contribution in [0, 0.1) is 19.8 Å². The van der Waals surface area contributed by atoms with Crippen LogP contribution in [0.2, 0.25) is 0 Å². The van der Waals surface area contributed by atoms with Crippen molar-refractivity contribution in [3.05, 3.63) is 34.9 Å². The molecule has 0 aromatic heterocycles. The normalized spacial score (nSPS) is 12.6. The van der Waals surface area contributed by atoms with E-state index in [2.05, 4.69) is 19.2 Å². The predicted molar refractivity (Wildman–Crippen MR) is 71.1 cm³/mol. The first kappa shape index (κ1) is 13.7. The fourth-order valence-electron chi connectivity index (χ4n) is 1.63. The molecule has 94 valence electrons. The van der Waals surface area contributed by atoms with Crippen molar-refractivity contribution in [2.75, 3.05) is 6.54 Å². The SMILES string of the molecule is Cc1ccc(C(=O)NC(CN)C(C)C)cc1C. The minimum atomic E-state index is -0.0442. The van der Waals surface area contributed by atoms with Gasteiger partial charge in [0.15, 0.2) is 0 Å². The topological polar surface area (TPSA) is 55.1 Å². The maximum absolute atomic E-state index is 12.0. The maximum atomic E-state index is 12.0. The van der Waals surface area contributed by atoms with Crippen LogP contribution in [0.15, 0.2) is 18.2 Å². The smallest absolute Gasteiger partial charge is 0.251 e. The lowest BCUT2D eigenvalue weighted by Gasteiger charge is -2.20. The van der Waals surface area contributed by atoms with Gasteiger partial charge < -0.3 is 11.1 Å². The van der Waals surface area contributed by atoms with Crippen LogP contribution in [0.5, 0.6) is 0 Å². The summed E-state index contributed by atoms with van der Waals surface area (Å²) in [5.74, 6) is 0.299. The van der Waals surface area contributed by atoms with Crippen LogP contribution in [0.25, 0.3) is 0 Å². The molecule has 0 saturated heterocycles. The van der Waals surface area contributed by atoms with Gasteiger partial charge in [0, 0.05) is 18.2 Å². The van der Waals surface area contributed by atoms with Gasteiger partial charge in [0.2, 0.25) is 0 Å². The van der Waals surface area contributed by atoms with E-state index < -0.39 is 0 Å². The number of aryl methyl sites for hydroxylation is 2. The minimum absolute atomic E-state index is 0.0316. The molecule has 0 radical (unpaired) electrons. The fourth-order valence-corrected chi connectivity index (χ4v) is 1.63. The molecule has 1 amide bonds. The third kappa shape index (κ3) is 3.56. The van der Waals surface area contributed by atoms with Crippen molar-refractivity contribution >= 4 is 5.91 Å². The molecule has 0 heterocycles. The lowest BCUT2D eigenvalue weighted by molar-refractivity contribution is 0.0927. The van der Waals surface area contributed by atoms with Crippen LogP contribution in [0.4, 0.5) is 0 Å². The van der Waals surface area contributed by atoms with Gasteiger partial charge in [0.1, 0.15) is 0 Å². The molecule has 1 aromatic rings. The standard InChI is InChI=1S/C14H22N2O/c1-9(2)13(8-15)16-14(17)12-6-5-10(3)11(4)7-12/h5-7,9,13H,8,15H2,1-4H3,(H,16,17). The van der Waals surface area contributed by atoms with Crippen molar-refractivity contribution in [2.24, 2.45) is 11.7 Å². The summed E-state index contributed by atoms with van der Waals surface area (Å²) in [6.45, 7) is 8.62. The number of amides is 1. The van der Waals surface area contributed by atoms with E-state index in [0.717, 1.165) is 5.56 Å². The second-order valence-corrected chi connectivity index (χ2v) is 4.86. The van der Waals surface area contributed by atoms with E-state index in [1.807, 2.05) is 32.0 Å². The molecule has 3 heteroatoms. The van der Waals surface area contributed by atoms with Gasteiger partial charge >= 0.3 is 0 Å². The van der Waals surface area contributed by atoms with Crippen molar-refractivity contribution in [1.82, 2.24) is 5.32 Å².